The number of nitrogens with zero attached hydrogens (tertiary/aromatic N) is 2. The zero-order chi connectivity index (χ0) is 9.10. The van der Waals surface area contributed by atoms with Gasteiger partial charge in [-0.3, -0.25) is 0 Å². The Hall–Kier alpha value is 0.744. The molecule has 14 heavy (non-hydrogen) atoms. The van der Waals surface area contributed by atoms with Crippen molar-refractivity contribution in [1.82, 2.24) is 4.98 Å². The second-order valence-corrected chi connectivity index (χ2v) is 4.12. The van der Waals surface area contributed by atoms with Crippen LogP contribution in [0.5, 0.6) is 0 Å². The molecule has 0 bridgehead atoms. The number of rotatable bonds is 1. The van der Waals surface area contributed by atoms with Crippen LogP contribution in [0.3, 0.4) is 0 Å². The number of halogens is 1. The normalized spacial score (nSPS) is 16.2. The van der Waals surface area contributed by atoms with E-state index in [1.165, 1.54) is 3.57 Å². The smallest absolute Gasteiger partial charge is 0.0632 e. The molecule has 3 nitrogen and oxygen atoms in total. The third-order valence-electron chi connectivity index (χ3n) is 1.98. The van der Waals surface area contributed by atoms with Gasteiger partial charge in [-0.15, -0.1) is 34.7 Å². The molecular formula is C9H10IN2OY-. The summed E-state index contributed by atoms with van der Waals surface area (Å²) in [7, 11) is 0. The van der Waals surface area contributed by atoms with E-state index in [0.717, 1.165) is 32.1 Å². The fraction of sp³-hybridized carbons (Fsp3) is 0.444. The molecular weight excluding hydrogens is 368 g/mol. The first-order valence-corrected chi connectivity index (χ1v) is 5.30. The largest absolute Gasteiger partial charge is 0.404 e. The second kappa shape index (κ2) is 6.35. The Morgan fingerprint density at radius 2 is 2.14 bits per heavy atom. The summed E-state index contributed by atoms with van der Waals surface area (Å²) in [6, 6.07) is 3.95. The van der Waals surface area contributed by atoms with Crippen molar-refractivity contribution in [2.24, 2.45) is 0 Å². The zero-order valence-corrected chi connectivity index (χ0v) is 12.7. The Labute approximate surface area is 123 Å². The number of aromatic nitrogens is 1. The molecule has 2 rings (SSSR count). The molecule has 5 heteroatoms. The van der Waals surface area contributed by atoms with Crippen LogP contribution >= 0.6 is 22.6 Å². The average molecular weight is 378 g/mol. The van der Waals surface area contributed by atoms with Crippen LogP contribution in [0.15, 0.2) is 12.1 Å². The van der Waals surface area contributed by atoms with Crippen molar-refractivity contribution in [3.8, 4) is 0 Å². The summed E-state index contributed by atoms with van der Waals surface area (Å²) in [5.41, 5.74) is 0. The summed E-state index contributed by atoms with van der Waals surface area (Å²) in [6.45, 7) is 3.46. The van der Waals surface area contributed by atoms with E-state index < -0.39 is 0 Å². The summed E-state index contributed by atoms with van der Waals surface area (Å²) in [4.78, 5) is 6.43. The number of pyridine rings is 1. The predicted octanol–water partition coefficient (Wildman–Crippen LogP) is 1.32. The Morgan fingerprint density at radius 3 is 2.79 bits per heavy atom. The van der Waals surface area contributed by atoms with Gasteiger partial charge in [-0.2, -0.15) is 0 Å². The van der Waals surface area contributed by atoms with Crippen LogP contribution in [-0.2, 0) is 37.4 Å². The Morgan fingerprint density at radius 1 is 1.43 bits per heavy atom. The Bertz CT molecular complexity index is 292. The molecule has 0 saturated carbocycles. The van der Waals surface area contributed by atoms with Gasteiger partial charge < -0.3 is 14.6 Å². The van der Waals surface area contributed by atoms with Crippen molar-refractivity contribution in [3.63, 3.8) is 0 Å². The van der Waals surface area contributed by atoms with Gasteiger partial charge in [0.25, 0.3) is 0 Å². The molecule has 0 aliphatic carbocycles. The van der Waals surface area contributed by atoms with Crippen LogP contribution < -0.4 is 4.90 Å². The molecule has 1 saturated heterocycles. The van der Waals surface area contributed by atoms with E-state index in [9.17, 15) is 0 Å². The summed E-state index contributed by atoms with van der Waals surface area (Å²) in [5, 5.41) is 0. The maximum Gasteiger partial charge on any atom is 0.0632 e. The van der Waals surface area contributed by atoms with E-state index in [1.807, 2.05) is 6.07 Å². The summed E-state index contributed by atoms with van der Waals surface area (Å²) in [5.74, 6) is 1.01. The van der Waals surface area contributed by atoms with E-state index >= 15 is 0 Å². The van der Waals surface area contributed by atoms with Crippen molar-refractivity contribution < 1.29 is 37.4 Å². The summed E-state index contributed by atoms with van der Waals surface area (Å²) in [6.07, 6.45) is 2.89. The first-order chi connectivity index (χ1) is 6.36. The van der Waals surface area contributed by atoms with Gasteiger partial charge in [-0.25, -0.2) is 0 Å². The number of morpholine rings is 1. The molecule has 0 amide bonds. The maximum atomic E-state index is 5.27. The minimum Gasteiger partial charge on any atom is -0.404 e. The van der Waals surface area contributed by atoms with Gasteiger partial charge in [0, 0.05) is 51.6 Å². The molecule has 0 atom stereocenters. The van der Waals surface area contributed by atoms with E-state index in [4.69, 9.17) is 4.74 Å². The molecule has 0 aromatic carbocycles. The minimum atomic E-state index is 0. The van der Waals surface area contributed by atoms with Crippen molar-refractivity contribution in [1.29, 1.82) is 0 Å². The third-order valence-corrected chi connectivity index (χ3v) is 2.61. The van der Waals surface area contributed by atoms with Gasteiger partial charge in [0.15, 0.2) is 0 Å². The second-order valence-electron chi connectivity index (χ2n) is 2.87. The average Bonchev–Trinajstić information content (AvgIpc) is 2.19. The van der Waals surface area contributed by atoms with Gasteiger partial charge in [0.2, 0.25) is 0 Å². The number of anilines is 1. The molecule has 2 heterocycles. The van der Waals surface area contributed by atoms with E-state index in [-0.39, 0.29) is 32.7 Å². The Balaban J connectivity index is 0.000000980. The Kier molecular flexibility index (Phi) is 5.81. The van der Waals surface area contributed by atoms with Crippen molar-refractivity contribution in [3.05, 3.63) is 21.9 Å². The van der Waals surface area contributed by atoms with E-state index in [1.54, 1.807) is 0 Å². The molecule has 1 aromatic heterocycles. The standard InChI is InChI=1S/C9H10IN2O.Y/c10-8-1-2-11-9(7-8)12-3-5-13-6-4-12;/h1,7H,3-6H2;/q-1;. The molecule has 0 spiro atoms. The van der Waals surface area contributed by atoms with Gasteiger partial charge >= 0.3 is 0 Å². The number of hydrogen-bond acceptors (Lipinski definition) is 3. The van der Waals surface area contributed by atoms with Crippen molar-refractivity contribution in [2.45, 2.75) is 0 Å². The minimum absolute atomic E-state index is 0. The van der Waals surface area contributed by atoms with Crippen LogP contribution in [0.2, 0.25) is 0 Å². The monoisotopic (exact) mass is 378 g/mol. The first kappa shape index (κ1) is 12.8. The molecule has 0 N–H and O–H groups in total. The molecule has 1 aliphatic heterocycles. The third kappa shape index (κ3) is 3.40. The van der Waals surface area contributed by atoms with E-state index in [0.29, 0.717) is 0 Å². The topological polar surface area (TPSA) is 25.4 Å². The molecule has 1 fully saturated rings. The fourth-order valence-corrected chi connectivity index (χ4v) is 1.73. The van der Waals surface area contributed by atoms with Crippen LogP contribution in [0, 0.1) is 9.77 Å². The van der Waals surface area contributed by atoms with E-state index in [2.05, 4.69) is 44.7 Å². The zero-order valence-electron chi connectivity index (χ0n) is 7.74. The van der Waals surface area contributed by atoms with Gasteiger partial charge in [0.05, 0.1) is 13.2 Å². The fourth-order valence-electron chi connectivity index (χ4n) is 1.31. The first-order valence-electron chi connectivity index (χ1n) is 4.22. The number of hydrogen-bond donors (Lipinski definition) is 0. The molecule has 1 radical (unpaired) electrons. The van der Waals surface area contributed by atoms with Crippen molar-refractivity contribution >= 4 is 28.4 Å². The van der Waals surface area contributed by atoms with Crippen LogP contribution in [0.25, 0.3) is 0 Å². The summed E-state index contributed by atoms with van der Waals surface area (Å²) >= 11 is 2.27. The van der Waals surface area contributed by atoms with Gasteiger partial charge in [0.1, 0.15) is 0 Å². The SMILES string of the molecule is Ic1c[c-]nc(N2CCOCC2)c1.[Y]. The molecule has 73 valence electrons. The van der Waals surface area contributed by atoms with Gasteiger partial charge in [-0.1, -0.05) is 9.77 Å². The number of ether oxygens (including phenoxy) is 1. The molecule has 1 aromatic rings. The van der Waals surface area contributed by atoms with Crippen LogP contribution in [-0.4, -0.2) is 31.3 Å². The molecule has 1 aliphatic rings. The summed E-state index contributed by atoms with van der Waals surface area (Å²) < 4.78 is 6.44. The maximum absolute atomic E-state index is 5.27. The van der Waals surface area contributed by atoms with Crippen molar-refractivity contribution in [2.75, 3.05) is 31.2 Å². The molecule has 0 unspecified atom stereocenters. The predicted molar refractivity (Wildman–Crippen MR) is 58.8 cm³/mol. The van der Waals surface area contributed by atoms with Gasteiger partial charge in [-0.05, 0) is 0 Å². The van der Waals surface area contributed by atoms with Crippen LogP contribution in [0.1, 0.15) is 0 Å². The van der Waals surface area contributed by atoms with Crippen LogP contribution in [0.4, 0.5) is 5.82 Å². The quantitative estimate of drug-likeness (QED) is 0.545.